The smallest absolute Gasteiger partial charge is 0.246 e. The number of halogens is 1. The van der Waals surface area contributed by atoms with Gasteiger partial charge in [-0.2, -0.15) is 5.26 Å². The van der Waals surface area contributed by atoms with Crippen molar-refractivity contribution in [1.29, 1.82) is 5.26 Å². The lowest BCUT2D eigenvalue weighted by molar-refractivity contribution is -0.137. The molecule has 1 aliphatic carbocycles. The fourth-order valence-electron chi connectivity index (χ4n) is 8.24. The molecule has 1 aromatic rings. The Morgan fingerprint density at radius 3 is 2.81 bits per heavy atom. The molecular formula is C31H42FN7O3. The van der Waals surface area contributed by atoms with Crippen molar-refractivity contribution in [2.24, 2.45) is 5.92 Å². The summed E-state index contributed by atoms with van der Waals surface area (Å²) in [6, 6.07) is 7.23. The van der Waals surface area contributed by atoms with Gasteiger partial charge in [0.25, 0.3) is 0 Å². The molecule has 4 aliphatic heterocycles. The van der Waals surface area contributed by atoms with Crippen LogP contribution in [0.15, 0.2) is 30.9 Å². The summed E-state index contributed by atoms with van der Waals surface area (Å²) in [7, 11) is 3.86. The second kappa shape index (κ2) is 11.7. The maximum atomic E-state index is 15.4. The Balaban J connectivity index is 1.27. The number of likely N-dealkylation sites (tertiary alicyclic amines) is 1. The molecule has 0 aromatic heterocycles. The summed E-state index contributed by atoms with van der Waals surface area (Å²) >= 11 is 0. The van der Waals surface area contributed by atoms with Crippen LogP contribution in [0.1, 0.15) is 44.1 Å². The van der Waals surface area contributed by atoms with Gasteiger partial charge < -0.3 is 19.4 Å². The highest BCUT2D eigenvalue weighted by Gasteiger charge is 2.58. The van der Waals surface area contributed by atoms with Crippen LogP contribution in [0.2, 0.25) is 0 Å². The van der Waals surface area contributed by atoms with Crippen LogP contribution < -0.4 is 15.5 Å². The van der Waals surface area contributed by atoms with Gasteiger partial charge in [-0.3, -0.25) is 25.1 Å². The molecule has 6 rings (SSSR count). The fraction of sp³-hybridized carbons (Fsp3) is 0.645. The van der Waals surface area contributed by atoms with Gasteiger partial charge in [-0.15, -0.1) is 0 Å². The van der Waals surface area contributed by atoms with Gasteiger partial charge in [-0.1, -0.05) is 12.6 Å². The Morgan fingerprint density at radius 1 is 1.24 bits per heavy atom. The van der Waals surface area contributed by atoms with Gasteiger partial charge in [0.15, 0.2) is 6.35 Å². The zero-order valence-corrected chi connectivity index (χ0v) is 24.6. The highest BCUT2D eigenvalue weighted by atomic mass is 19.1. The summed E-state index contributed by atoms with van der Waals surface area (Å²) in [4.78, 5) is 34.4. The number of nitrogens with zero attached hydrogens (tertiary/aromatic N) is 5. The first-order valence-corrected chi connectivity index (χ1v) is 15.2. The van der Waals surface area contributed by atoms with Crippen molar-refractivity contribution in [3.63, 3.8) is 0 Å². The van der Waals surface area contributed by atoms with E-state index in [-0.39, 0.29) is 48.2 Å². The van der Waals surface area contributed by atoms with Crippen LogP contribution in [0, 0.1) is 23.1 Å². The van der Waals surface area contributed by atoms with Crippen molar-refractivity contribution >= 4 is 17.5 Å². The first-order valence-electron chi connectivity index (χ1n) is 15.2. The molecule has 5 aliphatic rings. The molecule has 226 valence electrons. The molecule has 0 radical (unpaired) electrons. The first kappa shape index (κ1) is 29.2. The monoisotopic (exact) mass is 579 g/mol. The number of carbonyl (C=O) groups excluding carboxylic acids is 2. The minimum Gasteiger partial charge on any atom is -0.348 e. The summed E-state index contributed by atoms with van der Waals surface area (Å²) in [6.45, 7) is 6.98. The summed E-state index contributed by atoms with van der Waals surface area (Å²) in [5, 5.41) is 16.9. The third-order valence-electron chi connectivity index (χ3n) is 10.4. The summed E-state index contributed by atoms with van der Waals surface area (Å²) < 4.78 is 21.9. The number of nitrogens with one attached hydrogen (secondary N) is 2. The van der Waals surface area contributed by atoms with Crippen molar-refractivity contribution in [2.45, 2.75) is 74.6 Å². The maximum absolute atomic E-state index is 15.4. The predicted octanol–water partition coefficient (Wildman–Crippen LogP) is 1.73. The van der Waals surface area contributed by atoms with Crippen LogP contribution in [0.5, 0.6) is 0 Å². The SMILES string of the molecule is C=CC(=O)N1CCN(C2NC(OC[C@H]3CCCN3C)NC3C[C@]4(CCC32)C(=O)N(C)c2cccc(F)c24)C[C@H]1CC#N. The molecule has 7 atom stereocenters. The standard InChI is InChI=1S/C31H42FN7O3/c1-4-26(40)39-16-15-38(18-20(39)11-13-33)28-22-10-12-31(27-23(32)8-5-9-25(27)37(3)29(31)41)17-24(22)34-30(35-28)42-19-21-7-6-14-36(21)2/h4-5,8-9,20-22,24,28,30,34-35H,1,6-7,10-12,14-19H2,2-3H3/t20-,21-,22?,24?,28?,30?,31+/m1/s1. The van der Waals surface area contributed by atoms with Crippen LogP contribution in [0.4, 0.5) is 10.1 Å². The molecule has 2 amide bonds. The van der Waals surface area contributed by atoms with E-state index < -0.39 is 11.8 Å². The van der Waals surface area contributed by atoms with E-state index in [0.29, 0.717) is 56.4 Å². The average molecular weight is 580 g/mol. The molecule has 4 fully saturated rings. The molecule has 10 nitrogen and oxygen atoms in total. The highest BCUT2D eigenvalue weighted by molar-refractivity contribution is 6.08. The fourth-order valence-corrected chi connectivity index (χ4v) is 8.24. The van der Waals surface area contributed by atoms with Crippen LogP contribution >= 0.6 is 0 Å². The molecule has 1 saturated carbocycles. The lowest BCUT2D eigenvalue weighted by Gasteiger charge is -2.54. The predicted molar refractivity (Wildman–Crippen MR) is 156 cm³/mol. The van der Waals surface area contributed by atoms with E-state index in [0.717, 1.165) is 25.8 Å². The van der Waals surface area contributed by atoms with Crippen LogP contribution in [0.3, 0.4) is 0 Å². The van der Waals surface area contributed by atoms with E-state index in [1.165, 1.54) is 12.1 Å². The first-order chi connectivity index (χ1) is 20.3. The number of ether oxygens (including phenoxy) is 1. The second-order valence-electron chi connectivity index (χ2n) is 12.6. The minimum absolute atomic E-state index is 0.0476. The van der Waals surface area contributed by atoms with Crippen molar-refractivity contribution < 1.29 is 18.7 Å². The molecule has 3 saturated heterocycles. The van der Waals surface area contributed by atoms with E-state index in [2.05, 4.69) is 40.1 Å². The van der Waals surface area contributed by atoms with Gasteiger partial charge in [0.05, 0.1) is 42.4 Å². The number of hydrogen-bond donors (Lipinski definition) is 2. The van der Waals surface area contributed by atoms with Gasteiger partial charge in [-0.25, -0.2) is 4.39 Å². The lowest BCUT2D eigenvalue weighted by Crippen LogP contribution is -2.73. The Hall–Kier alpha value is -2.88. The highest BCUT2D eigenvalue weighted by Crippen LogP contribution is 2.52. The van der Waals surface area contributed by atoms with Gasteiger partial charge in [0.1, 0.15) is 5.82 Å². The maximum Gasteiger partial charge on any atom is 0.246 e. The zero-order chi connectivity index (χ0) is 29.6. The molecule has 2 N–H and O–H groups in total. The lowest BCUT2D eigenvalue weighted by atomic mass is 9.63. The van der Waals surface area contributed by atoms with Crippen molar-refractivity contribution in [3.05, 3.63) is 42.2 Å². The molecule has 4 heterocycles. The van der Waals surface area contributed by atoms with Crippen LogP contribution in [0.25, 0.3) is 0 Å². The number of rotatable bonds is 6. The van der Waals surface area contributed by atoms with E-state index in [9.17, 15) is 14.9 Å². The Bertz CT molecular complexity index is 1270. The minimum atomic E-state index is -0.917. The molecule has 0 bridgehead atoms. The number of likely N-dealkylation sites (N-methyl/N-ethyl adjacent to an activating group) is 2. The number of amides is 2. The molecule has 4 unspecified atom stereocenters. The molecule has 42 heavy (non-hydrogen) atoms. The van der Waals surface area contributed by atoms with Crippen molar-refractivity contribution in [3.8, 4) is 6.07 Å². The van der Waals surface area contributed by atoms with Crippen molar-refractivity contribution in [1.82, 2.24) is 25.3 Å². The Kier molecular flexibility index (Phi) is 8.11. The van der Waals surface area contributed by atoms with Gasteiger partial charge in [0, 0.05) is 50.2 Å². The quantitative estimate of drug-likeness (QED) is 0.492. The number of fused-ring (bicyclic) bond motifs is 3. The summed E-state index contributed by atoms with van der Waals surface area (Å²) in [6.07, 6.45) is 5.02. The Morgan fingerprint density at radius 2 is 2.07 bits per heavy atom. The molecule has 11 heteroatoms. The van der Waals surface area contributed by atoms with E-state index in [1.54, 1.807) is 22.9 Å². The summed E-state index contributed by atoms with van der Waals surface area (Å²) in [5.41, 5.74) is 0.256. The number of hydrogen-bond acceptors (Lipinski definition) is 8. The number of benzene rings is 1. The van der Waals surface area contributed by atoms with E-state index >= 15 is 4.39 Å². The number of anilines is 1. The number of nitriles is 1. The number of carbonyl (C=O) groups is 2. The topological polar surface area (TPSA) is 104 Å². The van der Waals surface area contributed by atoms with Crippen LogP contribution in [-0.2, 0) is 19.7 Å². The van der Waals surface area contributed by atoms with Gasteiger partial charge in [-0.05, 0) is 63.9 Å². The number of piperazine rings is 1. The van der Waals surface area contributed by atoms with E-state index in [4.69, 9.17) is 4.74 Å². The third kappa shape index (κ3) is 4.93. The summed E-state index contributed by atoms with van der Waals surface area (Å²) in [5.74, 6) is -0.401. The second-order valence-corrected chi connectivity index (χ2v) is 12.6. The van der Waals surface area contributed by atoms with Crippen molar-refractivity contribution in [2.75, 3.05) is 51.8 Å². The Labute approximate surface area is 247 Å². The van der Waals surface area contributed by atoms with Crippen LogP contribution in [-0.4, -0.2) is 104 Å². The van der Waals surface area contributed by atoms with Gasteiger partial charge >= 0.3 is 0 Å². The normalized spacial score (nSPS) is 35.2. The molecule has 1 aromatic carbocycles. The largest absolute Gasteiger partial charge is 0.348 e. The van der Waals surface area contributed by atoms with Gasteiger partial charge in [0.2, 0.25) is 11.8 Å². The third-order valence-corrected chi connectivity index (χ3v) is 10.4. The molecule has 1 spiro atoms. The zero-order valence-electron chi connectivity index (χ0n) is 24.6. The average Bonchev–Trinajstić information content (AvgIpc) is 3.50. The van der Waals surface area contributed by atoms with E-state index in [1.807, 2.05) is 6.07 Å². The molecular weight excluding hydrogens is 537 g/mol.